The SMILES string of the molecule is COc1ccc2c(ccc3c(C#N)c(C#N)c4ccc5cc(O)ccc5c4c32)c1. The van der Waals surface area contributed by atoms with E-state index in [0.29, 0.717) is 11.1 Å². The summed E-state index contributed by atoms with van der Waals surface area (Å²) in [7, 11) is 1.63. The molecule has 0 aliphatic rings. The molecular weight excluding hydrogens is 360 g/mol. The van der Waals surface area contributed by atoms with Gasteiger partial charge in [0.25, 0.3) is 0 Å². The van der Waals surface area contributed by atoms with Crippen LogP contribution in [0, 0.1) is 22.7 Å². The summed E-state index contributed by atoms with van der Waals surface area (Å²) < 4.78 is 5.36. The van der Waals surface area contributed by atoms with Gasteiger partial charge in [-0.1, -0.05) is 36.4 Å². The van der Waals surface area contributed by atoms with Crippen molar-refractivity contribution in [3.63, 3.8) is 0 Å². The number of phenols is 1. The van der Waals surface area contributed by atoms with Gasteiger partial charge in [0.2, 0.25) is 0 Å². The zero-order chi connectivity index (χ0) is 20.1. The third kappa shape index (κ3) is 2.30. The summed E-state index contributed by atoms with van der Waals surface area (Å²) in [5.41, 5.74) is 0.753. The van der Waals surface area contributed by atoms with Crippen molar-refractivity contribution in [3.05, 3.63) is 71.8 Å². The molecule has 4 heteroatoms. The lowest BCUT2D eigenvalue weighted by molar-refractivity contribution is 0.415. The summed E-state index contributed by atoms with van der Waals surface area (Å²) in [5, 5.41) is 36.7. The second-order valence-corrected chi connectivity index (χ2v) is 6.94. The summed E-state index contributed by atoms with van der Waals surface area (Å²) in [4.78, 5) is 0. The summed E-state index contributed by atoms with van der Waals surface area (Å²) in [6.07, 6.45) is 0. The van der Waals surface area contributed by atoms with E-state index in [4.69, 9.17) is 4.74 Å². The molecule has 0 bridgehead atoms. The van der Waals surface area contributed by atoms with Crippen molar-refractivity contribution in [2.45, 2.75) is 0 Å². The topological polar surface area (TPSA) is 77.0 Å². The van der Waals surface area contributed by atoms with Gasteiger partial charge in [-0.2, -0.15) is 10.5 Å². The van der Waals surface area contributed by atoms with Gasteiger partial charge in [0.15, 0.2) is 0 Å². The molecule has 0 spiro atoms. The van der Waals surface area contributed by atoms with Crippen LogP contribution in [0.25, 0.3) is 43.1 Å². The number of methoxy groups -OCH3 is 1. The van der Waals surface area contributed by atoms with Crippen LogP contribution >= 0.6 is 0 Å². The fourth-order valence-electron chi connectivity index (χ4n) is 4.21. The molecule has 0 saturated carbocycles. The lowest BCUT2D eigenvalue weighted by Crippen LogP contribution is -1.93. The van der Waals surface area contributed by atoms with E-state index >= 15 is 0 Å². The number of nitrogens with zero attached hydrogens (tertiary/aromatic N) is 2. The lowest BCUT2D eigenvalue weighted by Gasteiger charge is -2.14. The molecule has 136 valence electrons. The second kappa shape index (κ2) is 6.12. The van der Waals surface area contributed by atoms with E-state index in [1.807, 2.05) is 48.5 Å². The second-order valence-electron chi connectivity index (χ2n) is 6.94. The molecule has 0 radical (unpaired) electrons. The molecular formula is C25H14N2O2. The zero-order valence-corrected chi connectivity index (χ0v) is 15.5. The third-order valence-corrected chi connectivity index (χ3v) is 5.49. The molecule has 0 fully saturated rings. The van der Waals surface area contributed by atoms with Gasteiger partial charge in [0.1, 0.15) is 23.6 Å². The third-order valence-electron chi connectivity index (χ3n) is 5.49. The van der Waals surface area contributed by atoms with Crippen molar-refractivity contribution < 1.29 is 9.84 Å². The number of fused-ring (bicyclic) bond motifs is 7. The quantitative estimate of drug-likeness (QED) is 0.379. The molecule has 1 N–H and O–H groups in total. The highest BCUT2D eigenvalue weighted by molar-refractivity contribution is 6.29. The van der Waals surface area contributed by atoms with E-state index < -0.39 is 0 Å². The highest BCUT2D eigenvalue weighted by Gasteiger charge is 2.18. The van der Waals surface area contributed by atoms with Crippen LogP contribution in [0.15, 0.2) is 60.7 Å². The van der Waals surface area contributed by atoms with Crippen LogP contribution in [0.1, 0.15) is 11.1 Å². The van der Waals surface area contributed by atoms with Gasteiger partial charge in [0, 0.05) is 10.8 Å². The Bertz CT molecular complexity index is 1570. The van der Waals surface area contributed by atoms with Crippen LogP contribution in [-0.2, 0) is 0 Å². The summed E-state index contributed by atoms with van der Waals surface area (Å²) in [6.45, 7) is 0. The van der Waals surface area contributed by atoms with E-state index in [9.17, 15) is 15.6 Å². The van der Waals surface area contributed by atoms with Crippen molar-refractivity contribution in [2.24, 2.45) is 0 Å². The first-order chi connectivity index (χ1) is 14.2. The van der Waals surface area contributed by atoms with Crippen molar-refractivity contribution in [1.29, 1.82) is 10.5 Å². The van der Waals surface area contributed by atoms with Gasteiger partial charge in [-0.3, -0.25) is 0 Å². The highest BCUT2D eigenvalue weighted by Crippen LogP contribution is 2.41. The van der Waals surface area contributed by atoms with Crippen molar-refractivity contribution in [3.8, 4) is 23.6 Å². The minimum atomic E-state index is 0.185. The molecule has 5 aromatic rings. The van der Waals surface area contributed by atoms with Crippen LogP contribution in [0.3, 0.4) is 0 Å². The normalized spacial score (nSPS) is 11.0. The van der Waals surface area contributed by atoms with Crippen LogP contribution in [0.5, 0.6) is 11.5 Å². The number of hydrogen-bond donors (Lipinski definition) is 1. The molecule has 5 aromatic carbocycles. The minimum Gasteiger partial charge on any atom is -0.508 e. The number of benzene rings is 5. The Balaban J connectivity index is 2.16. The molecule has 0 saturated heterocycles. The lowest BCUT2D eigenvalue weighted by atomic mass is 9.87. The monoisotopic (exact) mass is 374 g/mol. The first-order valence-electron chi connectivity index (χ1n) is 9.08. The van der Waals surface area contributed by atoms with Crippen molar-refractivity contribution in [2.75, 3.05) is 7.11 Å². The molecule has 4 nitrogen and oxygen atoms in total. The molecule has 0 aromatic heterocycles. The maximum Gasteiger partial charge on any atom is 0.119 e. The zero-order valence-electron chi connectivity index (χ0n) is 15.5. The molecule has 0 aliphatic carbocycles. The average Bonchev–Trinajstić information content (AvgIpc) is 2.76. The van der Waals surface area contributed by atoms with Gasteiger partial charge in [-0.05, 0) is 56.6 Å². The first kappa shape index (κ1) is 16.9. The Morgan fingerprint density at radius 3 is 1.76 bits per heavy atom. The number of ether oxygens (including phenoxy) is 1. The molecule has 29 heavy (non-hydrogen) atoms. The van der Waals surface area contributed by atoms with Gasteiger partial charge < -0.3 is 9.84 Å². The Kier molecular flexibility index (Phi) is 3.56. The van der Waals surface area contributed by atoms with Gasteiger partial charge in [-0.15, -0.1) is 0 Å². The van der Waals surface area contributed by atoms with Crippen molar-refractivity contribution in [1.82, 2.24) is 0 Å². The maximum atomic E-state index is 9.92. The predicted octanol–water partition coefficient (Wildman–Crippen LogP) is 5.76. The van der Waals surface area contributed by atoms with E-state index in [-0.39, 0.29) is 5.75 Å². The van der Waals surface area contributed by atoms with Crippen LogP contribution in [0.2, 0.25) is 0 Å². The van der Waals surface area contributed by atoms with E-state index in [2.05, 4.69) is 12.1 Å². The Morgan fingerprint density at radius 1 is 0.690 bits per heavy atom. The molecule has 0 amide bonds. The van der Waals surface area contributed by atoms with E-state index in [0.717, 1.165) is 48.8 Å². The van der Waals surface area contributed by atoms with Gasteiger partial charge >= 0.3 is 0 Å². The fourth-order valence-corrected chi connectivity index (χ4v) is 4.21. The predicted molar refractivity (Wildman–Crippen MR) is 114 cm³/mol. The van der Waals surface area contributed by atoms with Crippen molar-refractivity contribution >= 4 is 43.1 Å². The summed E-state index contributed by atoms with van der Waals surface area (Å²) in [6, 6.07) is 23.1. The standard InChI is InChI=1S/C25H14N2O2/c1-29-17-5-9-19-15(11-17)3-7-21-23(13-27)22(12-26)20-6-2-14-10-16(28)4-8-18(14)24(20)25(19)21/h2-11,28H,1H3. The Morgan fingerprint density at radius 2 is 1.21 bits per heavy atom. The molecule has 0 heterocycles. The highest BCUT2D eigenvalue weighted by atomic mass is 16.5. The summed E-state index contributed by atoms with van der Waals surface area (Å²) in [5.74, 6) is 0.940. The molecule has 0 unspecified atom stereocenters. The van der Waals surface area contributed by atoms with E-state index in [1.165, 1.54) is 0 Å². The van der Waals surface area contributed by atoms with Crippen LogP contribution < -0.4 is 4.74 Å². The minimum absolute atomic E-state index is 0.185. The average molecular weight is 374 g/mol. The number of phenolic OH excluding ortho intramolecular Hbond substituents is 1. The largest absolute Gasteiger partial charge is 0.508 e. The first-order valence-corrected chi connectivity index (χ1v) is 9.08. The number of hydrogen-bond acceptors (Lipinski definition) is 4. The number of aromatic hydroxyl groups is 1. The van der Waals surface area contributed by atoms with Crippen LogP contribution in [-0.4, -0.2) is 12.2 Å². The maximum absolute atomic E-state index is 9.92. The van der Waals surface area contributed by atoms with E-state index in [1.54, 1.807) is 19.2 Å². The Hall–Kier alpha value is -4.28. The Labute approximate surface area is 166 Å². The van der Waals surface area contributed by atoms with Gasteiger partial charge in [-0.25, -0.2) is 0 Å². The number of rotatable bonds is 1. The molecule has 5 rings (SSSR count). The molecule has 0 aliphatic heterocycles. The van der Waals surface area contributed by atoms with Crippen LogP contribution in [0.4, 0.5) is 0 Å². The van der Waals surface area contributed by atoms with Gasteiger partial charge in [0.05, 0.1) is 18.2 Å². The molecule has 0 atom stereocenters. The number of nitriles is 2. The smallest absolute Gasteiger partial charge is 0.119 e. The fraction of sp³-hybridized carbons (Fsp3) is 0.0400. The summed E-state index contributed by atoms with van der Waals surface area (Å²) >= 11 is 0.